The highest BCUT2D eigenvalue weighted by atomic mass is 16.4. The Morgan fingerprint density at radius 2 is 2.54 bits per heavy atom. The molecule has 0 bridgehead atoms. The summed E-state index contributed by atoms with van der Waals surface area (Å²) in [4.78, 5) is 12.2. The summed E-state index contributed by atoms with van der Waals surface area (Å²) in [5.41, 5.74) is 0. The molecule has 2 N–H and O–H groups in total. The summed E-state index contributed by atoms with van der Waals surface area (Å²) in [6.07, 6.45) is 0.109. The molecule has 0 aromatic carbocycles. The Kier molecular flexibility index (Phi) is 3.68. The van der Waals surface area contributed by atoms with E-state index in [0.717, 1.165) is 13.1 Å². The van der Waals surface area contributed by atoms with Gasteiger partial charge >= 0.3 is 5.97 Å². The van der Waals surface area contributed by atoms with E-state index in [0.29, 0.717) is 13.1 Å². The average molecular weight is 183 g/mol. The van der Waals surface area contributed by atoms with E-state index in [-0.39, 0.29) is 12.5 Å². The Morgan fingerprint density at radius 1 is 1.77 bits per heavy atom. The summed E-state index contributed by atoms with van der Waals surface area (Å²) in [6, 6.07) is 1.98. The topological polar surface area (TPSA) is 76.4 Å². The highest BCUT2D eigenvalue weighted by Crippen LogP contribution is 2.02. The number of piperazine rings is 1. The van der Waals surface area contributed by atoms with Crippen LogP contribution in [0.2, 0.25) is 0 Å². The van der Waals surface area contributed by atoms with Crippen LogP contribution in [-0.4, -0.2) is 48.2 Å². The van der Waals surface area contributed by atoms with Crippen LogP contribution in [0.5, 0.6) is 0 Å². The third kappa shape index (κ3) is 3.01. The molecule has 13 heavy (non-hydrogen) atoms. The van der Waals surface area contributed by atoms with Crippen molar-refractivity contribution in [3.8, 4) is 6.07 Å². The van der Waals surface area contributed by atoms with E-state index in [4.69, 9.17) is 10.4 Å². The summed E-state index contributed by atoms with van der Waals surface area (Å²) < 4.78 is 0. The number of carboxylic acid groups (broad SMARTS) is 1. The maximum atomic E-state index is 10.3. The van der Waals surface area contributed by atoms with Gasteiger partial charge < -0.3 is 10.4 Å². The van der Waals surface area contributed by atoms with Gasteiger partial charge in [0.15, 0.2) is 0 Å². The Labute approximate surface area is 76.9 Å². The van der Waals surface area contributed by atoms with Gasteiger partial charge in [0.25, 0.3) is 0 Å². The predicted octanol–water partition coefficient (Wildman–Crippen LogP) is -0.742. The van der Waals surface area contributed by atoms with E-state index in [9.17, 15) is 4.79 Å². The van der Waals surface area contributed by atoms with Crippen LogP contribution in [0.1, 0.15) is 6.42 Å². The molecule has 1 unspecified atom stereocenters. The van der Waals surface area contributed by atoms with Crippen LogP contribution < -0.4 is 5.32 Å². The van der Waals surface area contributed by atoms with E-state index in [1.807, 2.05) is 4.90 Å². The van der Waals surface area contributed by atoms with E-state index in [1.165, 1.54) is 0 Å². The minimum atomic E-state index is -0.810. The van der Waals surface area contributed by atoms with Crippen LogP contribution >= 0.6 is 0 Å². The molecule has 0 aliphatic carbocycles. The first kappa shape index (κ1) is 9.96. The van der Waals surface area contributed by atoms with E-state index >= 15 is 0 Å². The van der Waals surface area contributed by atoms with Crippen molar-refractivity contribution in [2.75, 3.05) is 26.2 Å². The van der Waals surface area contributed by atoms with Gasteiger partial charge in [-0.25, -0.2) is 0 Å². The second-order valence-corrected chi connectivity index (χ2v) is 3.03. The van der Waals surface area contributed by atoms with Gasteiger partial charge in [-0.1, -0.05) is 0 Å². The van der Waals surface area contributed by atoms with Gasteiger partial charge in [0, 0.05) is 26.2 Å². The summed E-state index contributed by atoms with van der Waals surface area (Å²) in [5, 5.41) is 20.3. The Balaban J connectivity index is 2.37. The monoisotopic (exact) mass is 183 g/mol. The SMILES string of the molecule is N#CC1CNCCN1CCC(=O)O. The summed E-state index contributed by atoms with van der Waals surface area (Å²) in [7, 11) is 0. The third-order valence-corrected chi connectivity index (χ3v) is 2.12. The standard InChI is InChI=1S/C8H13N3O2/c9-5-7-6-10-2-4-11(7)3-1-8(12)13/h7,10H,1-4,6H2,(H,12,13). The molecule has 5 heteroatoms. The fourth-order valence-electron chi connectivity index (χ4n) is 1.38. The first-order valence-corrected chi connectivity index (χ1v) is 4.30. The molecule has 1 rings (SSSR count). The molecule has 0 amide bonds. The highest BCUT2D eigenvalue weighted by molar-refractivity contribution is 5.66. The van der Waals surface area contributed by atoms with Crippen molar-refractivity contribution < 1.29 is 9.90 Å². The molecule has 1 aliphatic rings. The molecule has 0 radical (unpaired) electrons. The number of hydrogen-bond donors (Lipinski definition) is 2. The molecule has 1 heterocycles. The number of hydrogen-bond acceptors (Lipinski definition) is 4. The average Bonchev–Trinajstić information content (AvgIpc) is 2.15. The van der Waals surface area contributed by atoms with Gasteiger partial charge in [0.2, 0.25) is 0 Å². The summed E-state index contributed by atoms with van der Waals surface area (Å²) >= 11 is 0. The van der Waals surface area contributed by atoms with Gasteiger partial charge in [0.05, 0.1) is 12.5 Å². The minimum absolute atomic E-state index is 0.109. The summed E-state index contributed by atoms with van der Waals surface area (Å²) in [6.45, 7) is 2.69. The molecule has 1 atom stereocenters. The van der Waals surface area contributed by atoms with Crippen molar-refractivity contribution in [2.24, 2.45) is 0 Å². The third-order valence-electron chi connectivity index (χ3n) is 2.12. The Bertz CT molecular complexity index is 224. The second-order valence-electron chi connectivity index (χ2n) is 3.03. The normalized spacial score (nSPS) is 23.8. The molecule has 0 aromatic heterocycles. The van der Waals surface area contributed by atoms with Crippen LogP contribution in [0.25, 0.3) is 0 Å². The van der Waals surface area contributed by atoms with Crippen LogP contribution in [0, 0.1) is 11.3 Å². The van der Waals surface area contributed by atoms with Crippen LogP contribution in [0.4, 0.5) is 0 Å². The molecule has 1 fully saturated rings. The van der Waals surface area contributed by atoms with Gasteiger partial charge in [-0.3, -0.25) is 9.69 Å². The number of rotatable bonds is 3. The van der Waals surface area contributed by atoms with Crippen LogP contribution in [-0.2, 0) is 4.79 Å². The first-order chi connectivity index (χ1) is 6.24. The number of nitriles is 1. The lowest BCUT2D eigenvalue weighted by Gasteiger charge is -2.31. The number of nitrogens with one attached hydrogen (secondary N) is 1. The zero-order valence-corrected chi connectivity index (χ0v) is 7.36. The van der Waals surface area contributed by atoms with E-state index in [2.05, 4.69) is 11.4 Å². The van der Waals surface area contributed by atoms with Crippen molar-refractivity contribution in [2.45, 2.75) is 12.5 Å². The number of carbonyl (C=O) groups is 1. The van der Waals surface area contributed by atoms with Gasteiger partial charge in [-0.2, -0.15) is 5.26 Å². The maximum Gasteiger partial charge on any atom is 0.304 e. The van der Waals surface area contributed by atoms with Crippen molar-refractivity contribution >= 4 is 5.97 Å². The fourth-order valence-corrected chi connectivity index (χ4v) is 1.38. The molecule has 1 saturated heterocycles. The lowest BCUT2D eigenvalue weighted by atomic mass is 10.2. The van der Waals surface area contributed by atoms with Crippen LogP contribution in [0.15, 0.2) is 0 Å². The van der Waals surface area contributed by atoms with Crippen molar-refractivity contribution in [1.82, 2.24) is 10.2 Å². The molecular weight excluding hydrogens is 170 g/mol. The lowest BCUT2D eigenvalue weighted by molar-refractivity contribution is -0.137. The Hall–Kier alpha value is -1.12. The van der Waals surface area contributed by atoms with E-state index < -0.39 is 5.97 Å². The molecule has 1 aliphatic heterocycles. The first-order valence-electron chi connectivity index (χ1n) is 4.30. The predicted molar refractivity (Wildman–Crippen MR) is 46.1 cm³/mol. The molecule has 0 spiro atoms. The number of carboxylic acids is 1. The smallest absolute Gasteiger partial charge is 0.304 e. The van der Waals surface area contributed by atoms with Crippen molar-refractivity contribution in [3.05, 3.63) is 0 Å². The maximum absolute atomic E-state index is 10.3. The number of aliphatic carboxylic acids is 1. The van der Waals surface area contributed by atoms with Gasteiger partial charge in [-0.15, -0.1) is 0 Å². The van der Waals surface area contributed by atoms with Gasteiger partial charge in [0.1, 0.15) is 6.04 Å². The second kappa shape index (κ2) is 4.80. The highest BCUT2D eigenvalue weighted by Gasteiger charge is 2.21. The fraction of sp³-hybridized carbons (Fsp3) is 0.750. The van der Waals surface area contributed by atoms with Crippen molar-refractivity contribution in [1.29, 1.82) is 5.26 Å². The largest absolute Gasteiger partial charge is 0.481 e. The molecule has 72 valence electrons. The summed E-state index contributed by atoms with van der Waals surface area (Å²) in [5.74, 6) is -0.810. The minimum Gasteiger partial charge on any atom is -0.481 e. The molecule has 0 saturated carbocycles. The van der Waals surface area contributed by atoms with E-state index in [1.54, 1.807) is 0 Å². The molecule has 0 aromatic rings. The van der Waals surface area contributed by atoms with Crippen LogP contribution in [0.3, 0.4) is 0 Å². The quantitative estimate of drug-likeness (QED) is 0.602. The van der Waals surface area contributed by atoms with Gasteiger partial charge in [-0.05, 0) is 0 Å². The zero-order chi connectivity index (χ0) is 9.68. The number of nitrogens with zero attached hydrogens (tertiary/aromatic N) is 2. The lowest BCUT2D eigenvalue weighted by Crippen LogP contribution is -2.51. The molecular formula is C8H13N3O2. The Morgan fingerprint density at radius 3 is 3.15 bits per heavy atom. The van der Waals surface area contributed by atoms with Crippen molar-refractivity contribution in [3.63, 3.8) is 0 Å². The molecule has 5 nitrogen and oxygen atoms in total. The zero-order valence-electron chi connectivity index (χ0n) is 7.36.